The number of benzene rings is 2. The predicted octanol–water partition coefficient (Wildman–Crippen LogP) is 4.20. The van der Waals surface area contributed by atoms with Gasteiger partial charge in [0.2, 0.25) is 0 Å². The monoisotopic (exact) mass is 467 g/mol. The number of nitrogens with zero attached hydrogens (tertiary/aromatic N) is 3. The molecule has 1 saturated heterocycles. The number of hydrogen-bond acceptors (Lipinski definition) is 5. The summed E-state index contributed by atoms with van der Waals surface area (Å²) >= 11 is 0. The van der Waals surface area contributed by atoms with Crippen molar-refractivity contribution in [3.05, 3.63) is 65.5 Å². The van der Waals surface area contributed by atoms with Crippen molar-refractivity contribution >= 4 is 30.6 Å². The highest BCUT2D eigenvalue weighted by Crippen LogP contribution is 2.12. The Balaban J connectivity index is 0.00000240. The quantitative estimate of drug-likeness (QED) is 0.517. The summed E-state index contributed by atoms with van der Waals surface area (Å²) < 4.78 is 18.7. The molecule has 31 heavy (non-hydrogen) atoms. The number of ketones is 1. The number of nitriles is 1. The van der Waals surface area contributed by atoms with Crippen LogP contribution in [-0.4, -0.2) is 61.5 Å². The van der Waals surface area contributed by atoms with Crippen molar-refractivity contribution in [3.8, 4) is 11.8 Å². The highest BCUT2D eigenvalue weighted by molar-refractivity contribution is 5.95. The van der Waals surface area contributed by atoms with Crippen LogP contribution in [0.1, 0.15) is 28.8 Å². The molecule has 8 heteroatoms. The summed E-state index contributed by atoms with van der Waals surface area (Å²) in [6, 6.07) is 15.0. The van der Waals surface area contributed by atoms with E-state index < -0.39 is 0 Å². The summed E-state index contributed by atoms with van der Waals surface area (Å²) in [4.78, 5) is 16.9. The molecule has 0 unspecified atom stereocenters. The number of carbonyl (C=O) groups excluding carboxylic acids is 1. The summed E-state index contributed by atoms with van der Waals surface area (Å²) in [6.45, 7) is 6.35. The third-order valence-corrected chi connectivity index (χ3v) is 5.17. The summed E-state index contributed by atoms with van der Waals surface area (Å²) in [5, 5.41) is 8.81. The Hall–Kier alpha value is -2.17. The van der Waals surface area contributed by atoms with Crippen molar-refractivity contribution < 1.29 is 13.9 Å². The van der Waals surface area contributed by atoms with E-state index in [0.29, 0.717) is 24.2 Å². The number of hydrogen-bond donors (Lipinski definition) is 0. The van der Waals surface area contributed by atoms with Gasteiger partial charge in [-0.05, 0) is 61.5 Å². The van der Waals surface area contributed by atoms with Crippen LogP contribution in [0.5, 0.6) is 5.75 Å². The van der Waals surface area contributed by atoms with Crippen molar-refractivity contribution in [2.75, 3.05) is 45.9 Å². The van der Waals surface area contributed by atoms with Crippen LogP contribution in [0.15, 0.2) is 48.5 Å². The highest BCUT2D eigenvalue weighted by atomic mass is 35.5. The van der Waals surface area contributed by atoms with Crippen molar-refractivity contribution in [2.24, 2.45) is 0 Å². The minimum absolute atomic E-state index is 0. The van der Waals surface area contributed by atoms with Gasteiger partial charge in [-0.2, -0.15) is 5.26 Å². The van der Waals surface area contributed by atoms with Crippen LogP contribution in [-0.2, 0) is 0 Å². The maximum absolute atomic E-state index is 12.9. The number of piperazine rings is 1. The lowest BCUT2D eigenvalue weighted by Gasteiger charge is -2.34. The first-order valence-corrected chi connectivity index (χ1v) is 10.0. The van der Waals surface area contributed by atoms with E-state index in [1.807, 2.05) is 12.1 Å². The zero-order valence-electron chi connectivity index (χ0n) is 17.3. The number of halogens is 3. The van der Waals surface area contributed by atoms with E-state index in [1.165, 1.54) is 12.1 Å². The molecule has 2 aromatic rings. The van der Waals surface area contributed by atoms with Crippen LogP contribution in [0.3, 0.4) is 0 Å². The Morgan fingerprint density at radius 1 is 0.935 bits per heavy atom. The molecule has 1 fully saturated rings. The zero-order valence-corrected chi connectivity index (χ0v) is 19.0. The average Bonchev–Trinajstić information content (AvgIpc) is 2.76. The normalized spacial score (nSPS) is 14.1. The molecule has 1 aliphatic rings. The van der Waals surface area contributed by atoms with Gasteiger partial charge in [0, 0.05) is 44.7 Å². The first-order valence-electron chi connectivity index (χ1n) is 10.0. The minimum Gasteiger partial charge on any atom is -0.492 e. The Kier molecular flexibility index (Phi) is 12.1. The zero-order chi connectivity index (χ0) is 20.5. The van der Waals surface area contributed by atoms with Crippen molar-refractivity contribution in [1.29, 1.82) is 5.26 Å². The topological polar surface area (TPSA) is 56.6 Å². The van der Waals surface area contributed by atoms with Crippen molar-refractivity contribution in [3.63, 3.8) is 0 Å². The molecule has 0 saturated carbocycles. The van der Waals surface area contributed by atoms with Crippen LogP contribution < -0.4 is 4.74 Å². The summed E-state index contributed by atoms with van der Waals surface area (Å²) in [5.41, 5.74) is 1.21. The fourth-order valence-electron chi connectivity index (χ4n) is 3.40. The largest absolute Gasteiger partial charge is 0.492 e. The van der Waals surface area contributed by atoms with E-state index in [1.54, 1.807) is 24.3 Å². The van der Waals surface area contributed by atoms with Crippen LogP contribution in [0.4, 0.5) is 4.39 Å². The lowest BCUT2D eigenvalue weighted by molar-refractivity contribution is 0.0953. The third kappa shape index (κ3) is 8.84. The summed E-state index contributed by atoms with van der Waals surface area (Å²) in [6.07, 6.45) is 1.31. The molecule has 1 heterocycles. The van der Waals surface area contributed by atoms with Gasteiger partial charge in [0.15, 0.2) is 5.78 Å². The van der Waals surface area contributed by atoms with Crippen LogP contribution in [0, 0.1) is 17.1 Å². The lowest BCUT2D eigenvalue weighted by atomic mass is 10.1. The molecule has 168 valence electrons. The molecule has 0 spiro atoms. The Labute approximate surface area is 195 Å². The van der Waals surface area contributed by atoms with E-state index in [4.69, 9.17) is 10.00 Å². The summed E-state index contributed by atoms with van der Waals surface area (Å²) in [7, 11) is 0. The fraction of sp³-hybridized carbons (Fsp3) is 0.391. The average molecular weight is 468 g/mol. The SMILES string of the molecule is Cl.Cl.N#Cc1ccc(OCCN2CCN(CCCC(=O)c3ccc(F)cc3)CC2)cc1. The molecule has 0 bridgehead atoms. The smallest absolute Gasteiger partial charge is 0.162 e. The third-order valence-electron chi connectivity index (χ3n) is 5.17. The molecule has 3 rings (SSSR count). The molecule has 2 aromatic carbocycles. The predicted molar refractivity (Wildman–Crippen MR) is 124 cm³/mol. The molecule has 0 radical (unpaired) electrons. The second-order valence-electron chi connectivity index (χ2n) is 7.20. The summed E-state index contributed by atoms with van der Waals surface area (Å²) in [5.74, 6) is 0.541. The molecule has 0 aromatic heterocycles. The van der Waals surface area contributed by atoms with Crippen LogP contribution in [0.25, 0.3) is 0 Å². The van der Waals surface area contributed by atoms with Crippen LogP contribution in [0.2, 0.25) is 0 Å². The van der Waals surface area contributed by atoms with E-state index >= 15 is 0 Å². The second-order valence-corrected chi connectivity index (χ2v) is 7.20. The van der Waals surface area contributed by atoms with Crippen molar-refractivity contribution in [1.82, 2.24) is 9.80 Å². The Morgan fingerprint density at radius 3 is 2.10 bits per heavy atom. The number of rotatable bonds is 9. The molecular weight excluding hydrogens is 440 g/mol. The number of Topliss-reactive ketones (excluding diaryl/α,β-unsaturated/α-hetero) is 1. The Morgan fingerprint density at radius 2 is 1.52 bits per heavy atom. The first-order chi connectivity index (χ1) is 14.1. The highest BCUT2D eigenvalue weighted by Gasteiger charge is 2.17. The lowest BCUT2D eigenvalue weighted by Crippen LogP contribution is -2.47. The van der Waals surface area contributed by atoms with Gasteiger partial charge in [-0.1, -0.05) is 0 Å². The minimum atomic E-state index is -0.318. The first kappa shape index (κ1) is 26.9. The second kappa shape index (κ2) is 14.0. The van der Waals surface area contributed by atoms with Gasteiger partial charge >= 0.3 is 0 Å². The molecular formula is C23H28Cl2FN3O2. The van der Waals surface area contributed by atoms with E-state index in [2.05, 4.69) is 15.9 Å². The van der Waals surface area contributed by atoms with Gasteiger partial charge < -0.3 is 9.64 Å². The maximum atomic E-state index is 12.9. The molecule has 1 aliphatic heterocycles. The van der Waals surface area contributed by atoms with E-state index in [9.17, 15) is 9.18 Å². The van der Waals surface area contributed by atoms with E-state index in [-0.39, 0.29) is 36.4 Å². The van der Waals surface area contributed by atoms with E-state index in [0.717, 1.165) is 51.4 Å². The van der Waals surface area contributed by atoms with Gasteiger partial charge in [-0.25, -0.2) is 4.39 Å². The number of ether oxygens (including phenoxy) is 1. The fourth-order valence-corrected chi connectivity index (χ4v) is 3.40. The van der Waals surface area contributed by atoms with Gasteiger partial charge in [0.05, 0.1) is 11.6 Å². The van der Waals surface area contributed by atoms with Crippen molar-refractivity contribution in [2.45, 2.75) is 12.8 Å². The van der Waals surface area contributed by atoms with Gasteiger partial charge in [0.25, 0.3) is 0 Å². The number of carbonyl (C=O) groups is 1. The van der Waals surface area contributed by atoms with Crippen LogP contribution >= 0.6 is 24.8 Å². The molecule has 0 amide bonds. The van der Waals surface area contributed by atoms with Gasteiger partial charge in [0.1, 0.15) is 18.2 Å². The molecule has 5 nitrogen and oxygen atoms in total. The maximum Gasteiger partial charge on any atom is 0.162 e. The Bertz CT molecular complexity index is 833. The molecule has 0 N–H and O–H groups in total. The van der Waals surface area contributed by atoms with Gasteiger partial charge in [-0.15, -0.1) is 24.8 Å². The molecule has 0 aliphatic carbocycles. The standard InChI is InChI=1S/C23H26FN3O2.2ClH/c24-21-7-5-20(6-8-21)23(28)2-1-11-26-12-14-27(15-13-26)16-17-29-22-9-3-19(18-25)4-10-22;;/h3-10H,1-2,11-17H2;2*1H. The van der Waals surface area contributed by atoms with Gasteiger partial charge in [-0.3, -0.25) is 9.69 Å². The molecule has 0 atom stereocenters.